The van der Waals surface area contributed by atoms with Gasteiger partial charge < -0.3 is 5.32 Å². The number of aromatic nitrogens is 5. The van der Waals surface area contributed by atoms with Gasteiger partial charge in [0.05, 0.1) is 32.9 Å². The number of benzene rings is 1. The Hall–Kier alpha value is -2.99. The minimum absolute atomic E-state index is 0.0140. The molecule has 1 N–H and O–H groups in total. The molecule has 4 rings (SSSR count). The van der Waals surface area contributed by atoms with E-state index in [0.29, 0.717) is 5.03 Å². The largest absolute Gasteiger partial charge is 0.416 e. The van der Waals surface area contributed by atoms with E-state index < -0.39 is 17.6 Å². The second kappa shape index (κ2) is 7.79. The average molecular weight is 436 g/mol. The van der Waals surface area contributed by atoms with Crippen LogP contribution < -0.4 is 5.32 Å². The highest BCUT2D eigenvalue weighted by atomic mass is 32.2. The third kappa shape index (κ3) is 4.22. The third-order valence-electron chi connectivity index (χ3n) is 3.81. The predicted octanol–water partition coefficient (Wildman–Crippen LogP) is 4.02. The van der Waals surface area contributed by atoms with Crippen LogP contribution >= 0.6 is 23.1 Å². The Balaban J connectivity index is 1.55. The maximum atomic E-state index is 13.1. The van der Waals surface area contributed by atoms with Gasteiger partial charge in [0, 0.05) is 0 Å². The standard InChI is InChI=1S/C17H11F3N6OS2/c18-17(19,20)10-1-2-13(26-9-21-7-24-26)12(5-10)25-14(27)6-29-16-15-11(3-4-28-15)22-8-23-16/h1-5,7-9H,6H2,(H,25,27). The lowest BCUT2D eigenvalue weighted by atomic mass is 10.1. The van der Waals surface area contributed by atoms with Crippen LogP contribution in [0.15, 0.2) is 53.7 Å². The Morgan fingerprint density at radius 2 is 2.07 bits per heavy atom. The van der Waals surface area contributed by atoms with E-state index in [2.05, 4.69) is 25.4 Å². The van der Waals surface area contributed by atoms with Crippen molar-refractivity contribution in [2.75, 3.05) is 11.1 Å². The zero-order chi connectivity index (χ0) is 20.4. The van der Waals surface area contributed by atoms with Crippen LogP contribution in [0.2, 0.25) is 0 Å². The molecule has 0 aliphatic heterocycles. The Labute approximate surface area is 170 Å². The second-order valence-corrected chi connectivity index (χ2v) is 7.60. The van der Waals surface area contributed by atoms with E-state index >= 15 is 0 Å². The summed E-state index contributed by atoms with van der Waals surface area (Å²) in [6, 6.07) is 4.89. The zero-order valence-electron chi connectivity index (χ0n) is 14.4. The monoisotopic (exact) mass is 436 g/mol. The molecule has 0 aliphatic carbocycles. The molecule has 29 heavy (non-hydrogen) atoms. The molecule has 0 saturated heterocycles. The first-order valence-corrected chi connectivity index (χ1v) is 9.95. The molecule has 0 spiro atoms. The molecule has 0 saturated carbocycles. The highest BCUT2D eigenvalue weighted by Crippen LogP contribution is 2.33. The van der Waals surface area contributed by atoms with Crippen molar-refractivity contribution in [2.24, 2.45) is 0 Å². The summed E-state index contributed by atoms with van der Waals surface area (Å²) in [5.74, 6) is -0.504. The molecule has 3 aromatic heterocycles. The summed E-state index contributed by atoms with van der Waals surface area (Å²) in [7, 11) is 0. The first-order valence-electron chi connectivity index (χ1n) is 8.09. The number of thiophene rings is 1. The molecule has 0 fully saturated rings. The maximum absolute atomic E-state index is 13.1. The quantitative estimate of drug-likeness (QED) is 0.376. The van der Waals surface area contributed by atoms with Crippen molar-refractivity contribution in [3.63, 3.8) is 0 Å². The number of alkyl halides is 3. The minimum Gasteiger partial charge on any atom is -0.323 e. The lowest BCUT2D eigenvalue weighted by molar-refractivity contribution is -0.137. The van der Waals surface area contributed by atoms with Crippen LogP contribution in [0, 0.1) is 0 Å². The summed E-state index contributed by atoms with van der Waals surface area (Å²) in [4.78, 5) is 24.5. The number of carbonyl (C=O) groups is 1. The lowest BCUT2D eigenvalue weighted by Crippen LogP contribution is -2.17. The number of halogens is 3. The summed E-state index contributed by atoms with van der Waals surface area (Å²) in [5.41, 5.74) is 0.163. The lowest BCUT2D eigenvalue weighted by Gasteiger charge is -2.14. The summed E-state index contributed by atoms with van der Waals surface area (Å²) in [5, 5.41) is 8.97. The number of thioether (sulfide) groups is 1. The van der Waals surface area contributed by atoms with Crippen molar-refractivity contribution in [2.45, 2.75) is 11.2 Å². The van der Waals surface area contributed by atoms with Crippen molar-refractivity contribution < 1.29 is 18.0 Å². The Kier molecular flexibility index (Phi) is 5.20. The van der Waals surface area contributed by atoms with Gasteiger partial charge in [-0.05, 0) is 29.6 Å². The molecular weight excluding hydrogens is 425 g/mol. The number of rotatable bonds is 5. The number of fused-ring (bicyclic) bond motifs is 1. The zero-order valence-corrected chi connectivity index (χ0v) is 16.1. The van der Waals surface area contributed by atoms with Crippen LogP contribution in [0.1, 0.15) is 5.56 Å². The Morgan fingerprint density at radius 3 is 2.83 bits per heavy atom. The summed E-state index contributed by atoms with van der Waals surface area (Å²) >= 11 is 2.64. The molecule has 0 atom stereocenters. The highest BCUT2D eigenvalue weighted by molar-refractivity contribution is 8.00. The van der Waals surface area contributed by atoms with Gasteiger partial charge >= 0.3 is 6.18 Å². The second-order valence-electron chi connectivity index (χ2n) is 5.72. The molecule has 0 aliphatic rings. The molecule has 3 heterocycles. The fourth-order valence-electron chi connectivity index (χ4n) is 2.53. The molecule has 0 radical (unpaired) electrons. The van der Waals surface area contributed by atoms with E-state index in [-0.39, 0.29) is 17.1 Å². The van der Waals surface area contributed by atoms with Gasteiger partial charge in [-0.3, -0.25) is 4.79 Å². The SMILES string of the molecule is O=C(CSc1ncnc2ccsc12)Nc1cc(C(F)(F)F)ccc1-n1cncn1. The van der Waals surface area contributed by atoms with E-state index in [1.165, 1.54) is 52.8 Å². The van der Waals surface area contributed by atoms with Crippen LogP contribution in [0.3, 0.4) is 0 Å². The van der Waals surface area contributed by atoms with Crippen molar-refractivity contribution >= 4 is 44.9 Å². The third-order valence-corrected chi connectivity index (χ3v) is 5.84. The molecule has 4 aromatic rings. The number of amides is 1. The topological polar surface area (TPSA) is 85.6 Å². The smallest absolute Gasteiger partial charge is 0.323 e. The predicted molar refractivity (Wildman–Crippen MR) is 103 cm³/mol. The fraction of sp³-hybridized carbons (Fsp3) is 0.118. The van der Waals surface area contributed by atoms with Crippen molar-refractivity contribution in [1.29, 1.82) is 0 Å². The van der Waals surface area contributed by atoms with Crippen LogP contribution in [-0.2, 0) is 11.0 Å². The molecule has 0 bridgehead atoms. The number of hydrogen-bond donors (Lipinski definition) is 1. The Bertz CT molecular complexity index is 1160. The molecule has 7 nitrogen and oxygen atoms in total. The number of carbonyl (C=O) groups excluding carboxylic acids is 1. The van der Waals surface area contributed by atoms with E-state index in [0.717, 1.165) is 22.3 Å². The number of nitrogens with zero attached hydrogens (tertiary/aromatic N) is 5. The average Bonchev–Trinajstić information content (AvgIpc) is 3.37. The van der Waals surface area contributed by atoms with Crippen LogP contribution in [0.25, 0.3) is 15.9 Å². The maximum Gasteiger partial charge on any atom is 0.416 e. The van der Waals surface area contributed by atoms with E-state index in [4.69, 9.17) is 0 Å². The summed E-state index contributed by atoms with van der Waals surface area (Å²) < 4.78 is 41.4. The van der Waals surface area contributed by atoms with Crippen LogP contribution in [0.5, 0.6) is 0 Å². The molecule has 0 unspecified atom stereocenters. The van der Waals surface area contributed by atoms with E-state index in [1.54, 1.807) is 0 Å². The van der Waals surface area contributed by atoms with E-state index in [1.807, 2.05) is 11.4 Å². The van der Waals surface area contributed by atoms with Gasteiger partial charge in [0.25, 0.3) is 0 Å². The normalized spacial score (nSPS) is 11.7. The molecule has 148 valence electrons. The summed E-state index contributed by atoms with van der Waals surface area (Å²) in [6.45, 7) is 0. The summed E-state index contributed by atoms with van der Waals surface area (Å²) in [6.07, 6.45) is -0.548. The van der Waals surface area contributed by atoms with Gasteiger partial charge in [-0.2, -0.15) is 18.3 Å². The van der Waals surface area contributed by atoms with Gasteiger partial charge in [0.2, 0.25) is 5.91 Å². The number of nitrogens with one attached hydrogen (secondary N) is 1. The highest BCUT2D eigenvalue weighted by Gasteiger charge is 2.31. The van der Waals surface area contributed by atoms with Crippen molar-refractivity contribution in [3.05, 3.63) is 54.2 Å². The van der Waals surface area contributed by atoms with Gasteiger partial charge in [0.1, 0.15) is 24.0 Å². The van der Waals surface area contributed by atoms with Crippen molar-refractivity contribution in [3.8, 4) is 5.69 Å². The first kappa shape index (κ1) is 19.3. The van der Waals surface area contributed by atoms with Gasteiger partial charge in [-0.25, -0.2) is 19.6 Å². The Morgan fingerprint density at radius 1 is 1.21 bits per heavy atom. The van der Waals surface area contributed by atoms with Gasteiger partial charge in [0.15, 0.2) is 0 Å². The van der Waals surface area contributed by atoms with Crippen LogP contribution in [-0.4, -0.2) is 36.4 Å². The first-order chi connectivity index (χ1) is 13.9. The molecular formula is C17H11F3N6OS2. The molecule has 12 heteroatoms. The van der Waals surface area contributed by atoms with Crippen molar-refractivity contribution in [1.82, 2.24) is 24.7 Å². The van der Waals surface area contributed by atoms with Gasteiger partial charge in [-0.1, -0.05) is 11.8 Å². The van der Waals surface area contributed by atoms with Gasteiger partial charge in [-0.15, -0.1) is 11.3 Å². The number of hydrogen-bond acceptors (Lipinski definition) is 7. The van der Waals surface area contributed by atoms with Crippen LogP contribution in [0.4, 0.5) is 18.9 Å². The van der Waals surface area contributed by atoms with E-state index in [9.17, 15) is 18.0 Å². The molecule has 1 amide bonds. The minimum atomic E-state index is -4.54. The molecule has 1 aromatic carbocycles. The number of anilines is 1. The fourth-order valence-corrected chi connectivity index (χ4v) is 4.28.